The predicted molar refractivity (Wildman–Crippen MR) is 244 cm³/mol. The third kappa shape index (κ3) is 16.9. The quantitative estimate of drug-likeness (QED) is 0.0513. The fourth-order valence-corrected chi connectivity index (χ4v) is 8.80. The van der Waals surface area contributed by atoms with Gasteiger partial charge in [-0.3, -0.25) is 0 Å². The third-order valence-electron chi connectivity index (χ3n) is 12.1. The molecule has 0 fully saturated rings. The van der Waals surface area contributed by atoms with Crippen molar-refractivity contribution in [2.45, 2.75) is 241 Å². The second-order valence-electron chi connectivity index (χ2n) is 17.3. The van der Waals surface area contributed by atoms with Crippen LogP contribution in [0.3, 0.4) is 0 Å². The average molecular weight is 751 g/mol. The van der Waals surface area contributed by atoms with Crippen LogP contribution >= 0.6 is 0 Å². The molecule has 0 saturated heterocycles. The van der Waals surface area contributed by atoms with Crippen LogP contribution in [0.15, 0.2) is 47.5 Å². The van der Waals surface area contributed by atoms with Gasteiger partial charge in [-0.05, 0) is 124 Å². The fourth-order valence-electron chi connectivity index (χ4n) is 8.80. The first-order valence-corrected chi connectivity index (χ1v) is 24.2. The van der Waals surface area contributed by atoms with Crippen molar-refractivity contribution in [3.8, 4) is 0 Å². The summed E-state index contributed by atoms with van der Waals surface area (Å²) in [5.74, 6) is 0. The molecule has 0 aliphatic carbocycles. The summed E-state index contributed by atoms with van der Waals surface area (Å²) in [5, 5.41) is 0. The van der Waals surface area contributed by atoms with Crippen LogP contribution in [0.5, 0.6) is 0 Å². The minimum atomic E-state index is 1.03. The van der Waals surface area contributed by atoms with Gasteiger partial charge in [-0.2, -0.15) is 0 Å². The van der Waals surface area contributed by atoms with Gasteiger partial charge in [0.05, 0.1) is 0 Å². The average Bonchev–Trinajstić information content (AvgIpc) is 3.47. The van der Waals surface area contributed by atoms with Gasteiger partial charge in [-0.1, -0.05) is 176 Å². The Morgan fingerprint density at radius 2 is 0.564 bits per heavy atom. The molecule has 0 spiro atoms. The molecular weight excluding hydrogens is 665 g/mol. The summed E-state index contributed by atoms with van der Waals surface area (Å²) in [7, 11) is 0. The van der Waals surface area contributed by atoms with E-state index in [1.165, 1.54) is 192 Å². The predicted octanol–water partition coefficient (Wildman–Crippen LogP) is 17.7. The van der Waals surface area contributed by atoms with E-state index in [9.17, 15) is 5.53 Å². The van der Waals surface area contributed by atoms with E-state index >= 15 is 0 Å². The Hall–Kier alpha value is -2.48. The number of allylic oxidation sites excluding steroid dienone is 2. The normalized spacial score (nSPS) is 13.2. The molecule has 2 aromatic carbocycles. The Kier molecular flexibility index (Phi) is 24.6. The van der Waals surface area contributed by atoms with Gasteiger partial charge in [0.15, 0.2) is 0 Å². The van der Waals surface area contributed by atoms with Crippen LogP contribution in [0.2, 0.25) is 0 Å². The van der Waals surface area contributed by atoms with Gasteiger partial charge in [0.2, 0.25) is 11.4 Å². The van der Waals surface area contributed by atoms with E-state index in [0.29, 0.717) is 0 Å². The lowest BCUT2D eigenvalue weighted by Crippen LogP contribution is -2.05. The first-order valence-electron chi connectivity index (χ1n) is 24.2. The standard InChI is InChI=1S/C53H86N2/c1-7-13-19-23-25-30-34-46-39-47(35-31-26-24-20-14-8-2)43-49(42-46)53-51(37-27-17-11-5)50(36-18-12-6)52(55(53)54)48-40-44(32-28-21-15-9-3)38-45(41-48)33-29-22-16-10-4/h38-43H,7-37H2,1-6H3. The molecule has 3 rings (SSSR count). The van der Waals surface area contributed by atoms with Crippen LogP contribution in [-0.4, -0.2) is 4.70 Å². The zero-order chi connectivity index (χ0) is 39.5. The maximum Gasteiger partial charge on any atom is 0.211 e. The number of aryl methyl sites for hydroxylation is 4. The summed E-state index contributed by atoms with van der Waals surface area (Å²) >= 11 is 0. The van der Waals surface area contributed by atoms with Crippen molar-refractivity contribution in [2.75, 3.05) is 0 Å². The highest BCUT2D eigenvalue weighted by Crippen LogP contribution is 2.45. The molecular formula is C53H86N2. The van der Waals surface area contributed by atoms with Gasteiger partial charge in [0, 0.05) is 22.3 Å². The van der Waals surface area contributed by atoms with Crippen LogP contribution in [-0.2, 0) is 25.7 Å². The van der Waals surface area contributed by atoms with E-state index < -0.39 is 0 Å². The Morgan fingerprint density at radius 3 is 0.909 bits per heavy atom. The van der Waals surface area contributed by atoms with E-state index in [4.69, 9.17) is 0 Å². The number of hydrogen-bond acceptors (Lipinski definition) is 0. The molecule has 0 atom stereocenters. The van der Waals surface area contributed by atoms with Crippen molar-refractivity contribution in [1.82, 2.24) is 0 Å². The van der Waals surface area contributed by atoms with Gasteiger partial charge >= 0.3 is 0 Å². The monoisotopic (exact) mass is 751 g/mol. The molecule has 0 saturated carbocycles. The second kappa shape index (κ2) is 28.8. The van der Waals surface area contributed by atoms with Crippen molar-refractivity contribution in [3.05, 3.63) is 86.5 Å². The maximum atomic E-state index is 12.7. The van der Waals surface area contributed by atoms with Crippen molar-refractivity contribution < 1.29 is 4.70 Å². The number of rotatable bonds is 33. The molecule has 0 radical (unpaired) electrons. The minimum Gasteiger partial charge on any atom is -0.493 e. The third-order valence-corrected chi connectivity index (χ3v) is 12.1. The van der Waals surface area contributed by atoms with Crippen LogP contribution in [0.1, 0.15) is 248 Å². The summed E-state index contributed by atoms with van der Waals surface area (Å²) in [6.07, 6.45) is 38.7. The molecule has 1 heterocycles. The van der Waals surface area contributed by atoms with Crippen LogP contribution < -0.4 is 0 Å². The zero-order valence-electron chi connectivity index (χ0n) is 37.3. The van der Waals surface area contributed by atoms with E-state index in [2.05, 4.69) is 77.9 Å². The van der Waals surface area contributed by atoms with E-state index in [1.807, 2.05) is 0 Å². The molecule has 55 heavy (non-hydrogen) atoms. The Bertz CT molecular complexity index is 1360. The lowest BCUT2D eigenvalue weighted by atomic mass is 9.89. The van der Waals surface area contributed by atoms with Gasteiger partial charge in [-0.25, -0.2) is 4.70 Å². The maximum absolute atomic E-state index is 12.7. The van der Waals surface area contributed by atoms with E-state index in [0.717, 1.165) is 62.8 Å². The first-order chi connectivity index (χ1) is 27.0. The van der Waals surface area contributed by atoms with Gasteiger partial charge in [-0.15, -0.1) is 0 Å². The van der Waals surface area contributed by atoms with Crippen molar-refractivity contribution in [2.24, 2.45) is 0 Å². The summed E-state index contributed by atoms with van der Waals surface area (Å²) < 4.78 is 1.70. The molecule has 308 valence electrons. The molecule has 1 aliphatic rings. The molecule has 2 aromatic rings. The zero-order valence-corrected chi connectivity index (χ0v) is 37.3. The molecule has 0 amide bonds. The van der Waals surface area contributed by atoms with Gasteiger partial charge < -0.3 is 5.53 Å². The summed E-state index contributed by atoms with van der Waals surface area (Å²) in [6, 6.07) is 14.9. The van der Waals surface area contributed by atoms with Crippen molar-refractivity contribution in [3.63, 3.8) is 0 Å². The van der Waals surface area contributed by atoms with Crippen LogP contribution in [0, 0.1) is 0 Å². The Balaban J connectivity index is 2.10. The molecule has 2 nitrogen and oxygen atoms in total. The van der Waals surface area contributed by atoms with Gasteiger partial charge in [0.1, 0.15) is 0 Å². The highest BCUT2D eigenvalue weighted by Gasteiger charge is 2.35. The number of unbranched alkanes of at least 4 members (excludes halogenated alkanes) is 19. The lowest BCUT2D eigenvalue weighted by Gasteiger charge is -2.15. The number of hydrogen-bond donors (Lipinski definition) is 0. The molecule has 0 N–H and O–H groups in total. The molecule has 0 aromatic heterocycles. The van der Waals surface area contributed by atoms with Gasteiger partial charge in [0.25, 0.3) is 0 Å². The summed E-state index contributed by atoms with van der Waals surface area (Å²) in [4.78, 5) is 0. The fraction of sp³-hybridized carbons (Fsp3) is 0.698. The molecule has 0 unspecified atom stereocenters. The van der Waals surface area contributed by atoms with Crippen LogP contribution in [0.25, 0.3) is 16.9 Å². The first kappa shape index (κ1) is 46.9. The SMILES string of the molecule is CCCCCCCCc1cc(CCCCCCCC)cc(C2=C(CCCCC)C(CCCC)=C(c3cc(CCCCCC)cc(CCCCCC)c3)[N+]2=[N-])c1. The van der Waals surface area contributed by atoms with E-state index in [-0.39, 0.29) is 0 Å². The Morgan fingerprint density at radius 1 is 0.309 bits per heavy atom. The summed E-state index contributed by atoms with van der Waals surface area (Å²) in [5.41, 5.74) is 26.1. The molecule has 0 bridgehead atoms. The number of benzene rings is 2. The minimum absolute atomic E-state index is 1.03. The largest absolute Gasteiger partial charge is 0.493 e. The van der Waals surface area contributed by atoms with Crippen LogP contribution in [0.4, 0.5) is 0 Å². The molecule has 2 heteroatoms. The molecule has 1 aliphatic heterocycles. The topological polar surface area (TPSA) is 25.3 Å². The van der Waals surface area contributed by atoms with Crippen molar-refractivity contribution >= 4 is 11.4 Å². The van der Waals surface area contributed by atoms with E-state index in [1.54, 1.807) is 4.70 Å². The lowest BCUT2D eigenvalue weighted by molar-refractivity contribution is -0.345. The Labute approximate surface area is 342 Å². The summed E-state index contributed by atoms with van der Waals surface area (Å²) in [6.45, 7) is 13.9. The second-order valence-corrected chi connectivity index (χ2v) is 17.3. The highest BCUT2D eigenvalue weighted by atomic mass is 15.2. The van der Waals surface area contributed by atoms with Crippen molar-refractivity contribution in [1.29, 1.82) is 0 Å². The smallest absolute Gasteiger partial charge is 0.211 e. The highest BCUT2D eigenvalue weighted by molar-refractivity contribution is 5.82. The number of nitrogens with zero attached hydrogens (tertiary/aromatic N) is 2.